The van der Waals surface area contributed by atoms with Gasteiger partial charge in [-0.05, 0) is 29.0 Å². The summed E-state index contributed by atoms with van der Waals surface area (Å²) in [5.41, 5.74) is 0.528. The number of ketones is 1. The number of methoxy groups -OCH3 is 1. The molecule has 0 radical (unpaired) electrons. The number of fused-ring (bicyclic) bond motifs is 1. The number of rotatable bonds is 3. The lowest BCUT2D eigenvalue weighted by Crippen LogP contribution is -2.03. The maximum Gasteiger partial charge on any atom is 0.188 e. The van der Waals surface area contributed by atoms with Gasteiger partial charge in [-0.2, -0.15) is 0 Å². The molecular weight excluding hydrogens is 204 g/mol. The number of Topliss-reactive ketones (excluding diaryl/α,β-unsaturated/α-hetero) is 1. The van der Waals surface area contributed by atoms with E-state index in [1.165, 1.54) is 0 Å². The Morgan fingerprint density at radius 2 is 1.88 bits per heavy atom. The number of hydrogen-bond acceptors (Lipinski definition) is 3. The number of carbonyl (C=O) groups is 1. The summed E-state index contributed by atoms with van der Waals surface area (Å²) in [5, 5.41) is 10.7. The summed E-state index contributed by atoms with van der Waals surface area (Å²) in [5.74, 6) is 0.520. The fourth-order valence-electron chi connectivity index (χ4n) is 1.62. The van der Waals surface area contributed by atoms with Gasteiger partial charge in [0.15, 0.2) is 5.78 Å². The molecule has 0 unspecified atom stereocenters. The molecule has 0 aromatic heterocycles. The van der Waals surface area contributed by atoms with Crippen LogP contribution in [0.4, 0.5) is 0 Å². The van der Waals surface area contributed by atoms with Crippen molar-refractivity contribution in [3.8, 4) is 5.75 Å². The van der Waals surface area contributed by atoms with Gasteiger partial charge in [-0.25, -0.2) is 0 Å². The highest BCUT2D eigenvalue weighted by molar-refractivity contribution is 6.00. The average Bonchev–Trinajstić information content (AvgIpc) is 2.36. The van der Waals surface area contributed by atoms with Crippen LogP contribution in [0.5, 0.6) is 5.75 Å². The Kier molecular flexibility index (Phi) is 2.88. The van der Waals surface area contributed by atoms with Crippen molar-refractivity contribution in [2.75, 3.05) is 13.7 Å². The molecule has 2 rings (SSSR count). The Labute approximate surface area is 93.3 Å². The van der Waals surface area contributed by atoms with E-state index in [-0.39, 0.29) is 5.78 Å². The topological polar surface area (TPSA) is 46.5 Å². The summed E-state index contributed by atoms with van der Waals surface area (Å²) in [6.07, 6.45) is 0. The van der Waals surface area contributed by atoms with E-state index in [4.69, 9.17) is 9.84 Å². The van der Waals surface area contributed by atoms with Gasteiger partial charge in [-0.15, -0.1) is 0 Å². The van der Waals surface area contributed by atoms with Crippen molar-refractivity contribution < 1.29 is 14.6 Å². The Bertz CT molecular complexity index is 532. The van der Waals surface area contributed by atoms with E-state index in [1.54, 1.807) is 19.2 Å². The fraction of sp³-hybridized carbons (Fsp3) is 0.154. The van der Waals surface area contributed by atoms with Crippen molar-refractivity contribution >= 4 is 16.6 Å². The van der Waals surface area contributed by atoms with Gasteiger partial charge in [-0.3, -0.25) is 4.79 Å². The highest BCUT2D eigenvalue weighted by Crippen LogP contribution is 2.21. The number of benzene rings is 2. The molecule has 1 N–H and O–H groups in total. The van der Waals surface area contributed by atoms with E-state index in [1.807, 2.05) is 24.3 Å². The van der Waals surface area contributed by atoms with Gasteiger partial charge in [0.05, 0.1) is 7.11 Å². The Morgan fingerprint density at radius 1 is 1.19 bits per heavy atom. The summed E-state index contributed by atoms with van der Waals surface area (Å²) in [7, 11) is 1.62. The Hall–Kier alpha value is -1.87. The predicted molar refractivity (Wildman–Crippen MR) is 61.9 cm³/mol. The lowest BCUT2D eigenvalue weighted by atomic mass is 10.0. The van der Waals surface area contributed by atoms with Crippen LogP contribution in [0.3, 0.4) is 0 Å². The summed E-state index contributed by atoms with van der Waals surface area (Å²) in [4.78, 5) is 11.3. The minimum absolute atomic E-state index is 0.266. The highest BCUT2D eigenvalue weighted by Gasteiger charge is 2.05. The van der Waals surface area contributed by atoms with Crippen LogP contribution in [0.1, 0.15) is 10.4 Å². The molecule has 0 aliphatic heterocycles. The van der Waals surface area contributed by atoms with Crippen molar-refractivity contribution in [2.45, 2.75) is 0 Å². The fourth-order valence-corrected chi connectivity index (χ4v) is 1.62. The molecule has 82 valence electrons. The van der Waals surface area contributed by atoms with Crippen LogP contribution in [-0.4, -0.2) is 24.6 Å². The molecule has 16 heavy (non-hydrogen) atoms. The van der Waals surface area contributed by atoms with E-state index in [0.717, 1.165) is 16.5 Å². The summed E-state index contributed by atoms with van der Waals surface area (Å²) < 4.78 is 5.11. The van der Waals surface area contributed by atoms with Crippen LogP contribution < -0.4 is 4.74 Å². The molecular formula is C13H12O3. The maximum absolute atomic E-state index is 11.3. The highest BCUT2D eigenvalue weighted by atomic mass is 16.5. The molecule has 0 bridgehead atoms. The molecule has 0 aliphatic carbocycles. The van der Waals surface area contributed by atoms with Crippen molar-refractivity contribution in [3.63, 3.8) is 0 Å². The van der Waals surface area contributed by atoms with Gasteiger partial charge < -0.3 is 9.84 Å². The second-order valence-electron chi connectivity index (χ2n) is 3.51. The molecule has 3 heteroatoms. The van der Waals surface area contributed by atoms with Crippen LogP contribution in [0.15, 0.2) is 36.4 Å². The Balaban J connectivity index is 2.51. The first-order valence-electron chi connectivity index (χ1n) is 4.96. The van der Waals surface area contributed by atoms with Gasteiger partial charge >= 0.3 is 0 Å². The summed E-state index contributed by atoms with van der Waals surface area (Å²) in [6.45, 7) is -0.457. The van der Waals surface area contributed by atoms with Gasteiger partial charge in [0.25, 0.3) is 0 Å². The van der Waals surface area contributed by atoms with Crippen molar-refractivity contribution in [1.29, 1.82) is 0 Å². The van der Waals surface area contributed by atoms with E-state index >= 15 is 0 Å². The van der Waals surface area contributed by atoms with Crippen molar-refractivity contribution in [2.24, 2.45) is 0 Å². The van der Waals surface area contributed by atoms with Crippen molar-refractivity contribution in [1.82, 2.24) is 0 Å². The third-order valence-corrected chi connectivity index (χ3v) is 2.51. The van der Waals surface area contributed by atoms with E-state index < -0.39 is 6.61 Å². The van der Waals surface area contributed by atoms with Gasteiger partial charge in [0.2, 0.25) is 0 Å². The molecule has 0 spiro atoms. The zero-order chi connectivity index (χ0) is 11.5. The van der Waals surface area contributed by atoms with Gasteiger partial charge in [0.1, 0.15) is 12.4 Å². The van der Waals surface area contributed by atoms with Gasteiger partial charge in [0, 0.05) is 5.56 Å². The first-order valence-corrected chi connectivity index (χ1v) is 4.96. The number of carbonyl (C=O) groups excluding carboxylic acids is 1. The molecule has 0 saturated carbocycles. The van der Waals surface area contributed by atoms with Crippen LogP contribution in [0.25, 0.3) is 10.8 Å². The third kappa shape index (κ3) is 1.90. The standard InChI is InChI=1S/C13H12O3/c1-16-12-5-4-9-6-11(13(15)8-14)3-2-10(9)7-12/h2-7,14H,8H2,1H3. The average molecular weight is 216 g/mol. The normalized spacial score (nSPS) is 10.4. The van der Waals surface area contributed by atoms with E-state index in [9.17, 15) is 4.79 Å². The smallest absolute Gasteiger partial charge is 0.188 e. The van der Waals surface area contributed by atoms with E-state index in [2.05, 4.69) is 0 Å². The number of aliphatic hydroxyl groups is 1. The third-order valence-electron chi connectivity index (χ3n) is 2.51. The molecule has 2 aromatic carbocycles. The summed E-state index contributed by atoms with van der Waals surface area (Å²) >= 11 is 0. The molecule has 3 nitrogen and oxygen atoms in total. The van der Waals surface area contributed by atoms with Gasteiger partial charge in [-0.1, -0.05) is 18.2 Å². The number of aliphatic hydroxyl groups excluding tert-OH is 1. The quantitative estimate of drug-likeness (QED) is 0.798. The SMILES string of the molecule is COc1ccc2cc(C(=O)CO)ccc2c1. The van der Waals surface area contributed by atoms with E-state index in [0.29, 0.717) is 5.56 Å². The van der Waals surface area contributed by atoms with Crippen LogP contribution >= 0.6 is 0 Å². The zero-order valence-corrected chi connectivity index (χ0v) is 8.93. The molecule has 0 saturated heterocycles. The number of hydrogen-bond donors (Lipinski definition) is 1. The number of ether oxygens (including phenoxy) is 1. The van der Waals surface area contributed by atoms with Crippen LogP contribution in [0.2, 0.25) is 0 Å². The lowest BCUT2D eigenvalue weighted by Gasteiger charge is -2.04. The zero-order valence-electron chi connectivity index (χ0n) is 8.93. The largest absolute Gasteiger partial charge is 0.497 e. The molecule has 0 amide bonds. The minimum atomic E-state index is -0.457. The second kappa shape index (κ2) is 4.33. The molecule has 0 atom stereocenters. The first-order chi connectivity index (χ1) is 7.74. The lowest BCUT2D eigenvalue weighted by molar-refractivity contribution is 0.0904. The molecule has 0 fully saturated rings. The van der Waals surface area contributed by atoms with Crippen LogP contribution in [-0.2, 0) is 0 Å². The predicted octanol–water partition coefficient (Wildman–Crippen LogP) is 2.02. The van der Waals surface area contributed by atoms with Crippen LogP contribution in [0, 0.1) is 0 Å². The maximum atomic E-state index is 11.3. The summed E-state index contributed by atoms with van der Waals surface area (Å²) in [6, 6.07) is 11.0. The molecule has 2 aromatic rings. The molecule has 0 aliphatic rings. The second-order valence-corrected chi connectivity index (χ2v) is 3.51. The monoisotopic (exact) mass is 216 g/mol. The molecule has 0 heterocycles. The first kappa shape index (κ1) is 10.6. The van der Waals surface area contributed by atoms with Crippen molar-refractivity contribution in [3.05, 3.63) is 42.0 Å². The minimum Gasteiger partial charge on any atom is -0.497 e. The Morgan fingerprint density at radius 3 is 2.56 bits per heavy atom.